The molecule has 0 aliphatic carbocycles. The largest absolute Gasteiger partial charge is 0.466 e. The molecule has 234 valence electrons. The number of halogens is 1. The zero-order valence-electron chi connectivity index (χ0n) is 23.9. The zero-order valence-corrected chi connectivity index (χ0v) is 26.3. The maximum Gasteiger partial charge on any atom is 0.257 e. The third-order valence-electron chi connectivity index (χ3n) is 4.80. The molecular weight excluding hydrogens is 598 g/mol. The minimum atomic E-state index is 0. The minimum Gasteiger partial charge on any atom is -0.466 e. The van der Waals surface area contributed by atoms with E-state index < -0.39 is 0 Å². The molecule has 0 bridgehead atoms. The number of nitrogens with two attached hydrogens (primary N) is 2. The normalized spacial score (nSPS) is 8.77. The van der Waals surface area contributed by atoms with Crippen LogP contribution >= 0.6 is 24.0 Å². The van der Waals surface area contributed by atoms with Gasteiger partial charge in [-0.1, -0.05) is 129 Å². The number of nitrogens with zero attached hydrogens (tertiary/aromatic N) is 1. The summed E-state index contributed by atoms with van der Waals surface area (Å²) in [4.78, 5) is 2.56. The molecule has 0 amide bonds. The highest BCUT2D eigenvalue weighted by Gasteiger charge is 1.98. The number of ether oxygens (including phenoxy) is 1. The van der Waals surface area contributed by atoms with Crippen LogP contribution in [0.2, 0.25) is 0 Å². The predicted molar refractivity (Wildman–Crippen MR) is 189 cm³/mol. The lowest BCUT2D eigenvalue weighted by atomic mass is 10.2. The Kier molecular flexibility index (Phi) is 30.8. The molecule has 0 unspecified atom stereocenters. The minimum absolute atomic E-state index is 0. The Morgan fingerprint density at radius 2 is 1.07 bits per heavy atom. The summed E-state index contributed by atoms with van der Waals surface area (Å²) in [5.41, 5.74) is 14.3. The van der Waals surface area contributed by atoms with Crippen molar-refractivity contribution in [1.82, 2.24) is 10.2 Å². The molecule has 7 nitrogen and oxygen atoms in total. The monoisotopic (exact) mass is 643 g/mol. The van der Waals surface area contributed by atoms with Crippen molar-refractivity contribution in [3.63, 3.8) is 0 Å². The first-order chi connectivity index (χ1) is 20.5. The van der Waals surface area contributed by atoms with E-state index in [4.69, 9.17) is 45.3 Å². The Morgan fingerprint density at radius 1 is 0.721 bits per heavy atom. The number of thiocarbonyl (C=S) groups is 1. The molecule has 0 heterocycles. The number of benzene rings is 4. The second-order valence-corrected chi connectivity index (χ2v) is 9.10. The first-order valence-corrected chi connectivity index (χ1v) is 14.3. The van der Waals surface area contributed by atoms with Crippen molar-refractivity contribution >= 4 is 41.6 Å². The summed E-state index contributed by atoms with van der Waals surface area (Å²) in [5, 5.41) is 12.0. The fourth-order valence-corrected chi connectivity index (χ4v) is 3.09. The molecule has 43 heavy (non-hydrogen) atoms. The maximum absolute atomic E-state index is 8.54. The van der Waals surface area contributed by atoms with E-state index in [1.165, 1.54) is 11.1 Å². The van der Waals surface area contributed by atoms with E-state index in [0.29, 0.717) is 31.4 Å². The van der Waals surface area contributed by atoms with Gasteiger partial charge in [0.2, 0.25) is 0 Å². The molecule has 0 atom stereocenters. The summed E-state index contributed by atoms with van der Waals surface area (Å²) in [6, 6.07) is 39.6. The van der Waals surface area contributed by atoms with Crippen molar-refractivity contribution in [3.8, 4) is 0 Å². The summed E-state index contributed by atoms with van der Waals surface area (Å²) < 4.78 is 8.55. The third kappa shape index (κ3) is 26.1. The van der Waals surface area contributed by atoms with Crippen molar-refractivity contribution in [1.29, 1.82) is 0 Å². The molecule has 0 radical (unpaired) electrons. The van der Waals surface area contributed by atoms with Gasteiger partial charge in [-0.3, -0.25) is 0 Å². The van der Waals surface area contributed by atoms with Crippen LogP contribution in [0.1, 0.15) is 29.7 Å². The topological polar surface area (TPSA) is 118 Å². The molecule has 4 rings (SSSR count). The summed E-state index contributed by atoms with van der Waals surface area (Å²) in [7, 11) is 1.56. The van der Waals surface area contributed by atoms with Gasteiger partial charge in [-0.25, -0.2) is 9.20 Å². The fourth-order valence-electron chi connectivity index (χ4n) is 2.80. The molecule has 0 saturated carbocycles. The Labute approximate surface area is 273 Å². The molecule has 10 heteroatoms. The van der Waals surface area contributed by atoms with Gasteiger partial charge in [-0.2, -0.15) is 0 Å². The molecule has 4 aromatic rings. The Bertz CT molecular complexity index is 1100. The van der Waals surface area contributed by atoms with Crippen LogP contribution in [-0.2, 0) is 43.5 Å². The molecule has 4 aromatic carbocycles. The molecule has 0 aliphatic heterocycles. The highest BCUT2D eigenvalue weighted by molar-refractivity contribution is 7.80. The van der Waals surface area contributed by atoms with Crippen LogP contribution in [0, 0.1) is 0 Å². The van der Waals surface area contributed by atoms with Crippen molar-refractivity contribution in [2.24, 2.45) is 15.8 Å². The van der Waals surface area contributed by atoms with Crippen LogP contribution in [0.15, 0.2) is 126 Å². The fraction of sp³-hybridized carbons (Fsp3) is 0.242. The van der Waals surface area contributed by atoms with Crippen molar-refractivity contribution in [3.05, 3.63) is 144 Å². The van der Waals surface area contributed by atoms with Crippen molar-refractivity contribution in [2.75, 3.05) is 20.1 Å². The van der Waals surface area contributed by atoms with Crippen LogP contribution < -0.4 is 21.6 Å². The average molecular weight is 644 g/mol. The maximum atomic E-state index is 8.54. The lowest BCUT2D eigenvalue weighted by molar-refractivity contribution is 0.282. The highest BCUT2D eigenvalue weighted by Crippen LogP contribution is 2.02. The number of nitrogens with one attached hydrogen (secondary N) is 2. The van der Waals surface area contributed by atoms with Gasteiger partial charge in [-0.15, -0.1) is 0 Å². The second kappa shape index (κ2) is 31.7. The van der Waals surface area contributed by atoms with Crippen LogP contribution in [0.4, 0.5) is 0 Å². The molecule has 0 saturated heterocycles. The van der Waals surface area contributed by atoms with Gasteiger partial charge in [0.05, 0.1) is 6.61 Å². The Hall–Kier alpha value is -3.28. The van der Waals surface area contributed by atoms with Gasteiger partial charge in [0.1, 0.15) is 6.61 Å². The molecule has 0 aliphatic rings. The number of aliphatic hydroxyl groups is 1. The number of aliphatic hydroxyl groups excluding tert-OH is 1. The van der Waals surface area contributed by atoms with E-state index in [0.717, 1.165) is 17.7 Å². The predicted octanol–water partition coefficient (Wildman–Crippen LogP) is 6.27. The van der Waals surface area contributed by atoms with E-state index in [1.54, 1.807) is 7.05 Å². The molecular formula is C33H46ClN5O2S2. The first kappa shape index (κ1) is 41.9. The van der Waals surface area contributed by atoms with Crippen LogP contribution in [0.25, 0.3) is 0 Å². The number of hydrogen-bond acceptors (Lipinski definition) is 8. The molecule has 0 spiro atoms. The first-order valence-electron chi connectivity index (χ1n) is 13.2. The van der Waals surface area contributed by atoms with Gasteiger partial charge in [0.15, 0.2) is 0 Å². The Morgan fingerprint density at radius 3 is 1.40 bits per heavy atom. The van der Waals surface area contributed by atoms with Crippen molar-refractivity contribution in [2.45, 2.75) is 33.7 Å². The van der Waals surface area contributed by atoms with Crippen LogP contribution in [-0.4, -0.2) is 30.4 Å². The SMILES string of the molecule is C.CN=S.ClNCc1ccccc1.NCCN.OCc1ccccc1.S=C(NCc1ccccc1)OCc1ccccc1. The standard InChI is InChI=1S/C15H15NOS.C7H8ClN.C7H8O.C2H8N2.CH3NS.CH4/c18-15(16-11-13-7-3-1-4-8-13)17-12-14-9-5-2-6-10-14;8-9-6-7-4-2-1-3-5-7;8-6-7-4-2-1-3-5-7;3-1-2-4;1-2-3;/h1-10H,11-12H2,(H,16,18);1-5,9H,6H2;1-5,8H,6H2;1-4H2;1H3;1H4. The molecule has 0 aromatic heterocycles. The molecule has 7 N–H and O–H groups in total. The van der Waals surface area contributed by atoms with Gasteiger partial charge in [0.25, 0.3) is 5.17 Å². The van der Waals surface area contributed by atoms with Crippen molar-refractivity contribution < 1.29 is 9.84 Å². The van der Waals surface area contributed by atoms with E-state index in [2.05, 4.69) is 26.9 Å². The average Bonchev–Trinajstić information content (AvgIpc) is 3.06. The third-order valence-corrected chi connectivity index (χ3v) is 5.19. The summed E-state index contributed by atoms with van der Waals surface area (Å²) in [6.07, 6.45) is 0. The second-order valence-electron chi connectivity index (χ2n) is 8.10. The van der Waals surface area contributed by atoms with E-state index in [1.807, 2.05) is 121 Å². The lowest BCUT2D eigenvalue weighted by Crippen LogP contribution is -2.23. The van der Waals surface area contributed by atoms with Gasteiger partial charge in [0, 0.05) is 45.7 Å². The lowest BCUT2D eigenvalue weighted by Gasteiger charge is -2.09. The van der Waals surface area contributed by atoms with E-state index >= 15 is 0 Å². The van der Waals surface area contributed by atoms with E-state index in [-0.39, 0.29) is 14.0 Å². The van der Waals surface area contributed by atoms with Gasteiger partial charge >= 0.3 is 0 Å². The number of rotatable bonds is 8. The van der Waals surface area contributed by atoms with Gasteiger partial charge < -0.3 is 26.6 Å². The van der Waals surface area contributed by atoms with Crippen LogP contribution in [0.5, 0.6) is 0 Å². The summed E-state index contributed by atoms with van der Waals surface area (Å²) >= 11 is 14.4. The van der Waals surface area contributed by atoms with Gasteiger partial charge in [-0.05, 0) is 46.2 Å². The highest BCUT2D eigenvalue weighted by atomic mass is 35.5. The van der Waals surface area contributed by atoms with E-state index in [9.17, 15) is 0 Å². The summed E-state index contributed by atoms with van der Waals surface area (Å²) in [5.74, 6) is 0. The molecule has 0 fully saturated rings. The van der Waals surface area contributed by atoms with Crippen LogP contribution in [0.3, 0.4) is 0 Å². The Balaban J connectivity index is 0. The smallest absolute Gasteiger partial charge is 0.257 e. The zero-order chi connectivity index (χ0) is 31.1. The number of hydrogen-bond donors (Lipinski definition) is 5. The summed E-state index contributed by atoms with van der Waals surface area (Å²) in [6.45, 7) is 3.25. The quantitative estimate of drug-likeness (QED) is 0.113.